The molecule has 2 amide bonds. The van der Waals surface area contributed by atoms with Crippen LogP contribution in [0.2, 0.25) is 0 Å². The highest BCUT2D eigenvalue weighted by Crippen LogP contribution is 2.38. The lowest BCUT2D eigenvalue weighted by molar-refractivity contribution is -0.119. The van der Waals surface area contributed by atoms with Crippen LogP contribution >= 0.6 is 11.8 Å². The molecule has 0 unspecified atom stereocenters. The molecule has 6 heteroatoms. The van der Waals surface area contributed by atoms with Crippen LogP contribution in [0.3, 0.4) is 0 Å². The van der Waals surface area contributed by atoms with Crippen molar-refractivity contribution in [1.82, 2.24) is 5.43 Å². The Morgan fingerprint density at radius 2 is 2.05 bits per heavy atom. The lowest BCUT2D eigenvalue weighted by atomic mass is 9.85. The van der Waals surface area contributed by atoms with Gasteiger partial charge in [-0.2, -0.15) is 5.10 Å². The standard InChI is InChI=1S/C14H15N3O2S/c1-7-11(16-17-13(19)20-7)8-4-5-10-9(6-8)14(2,3)12(18)15-10/h4-7H,1-3H3,(H,15,18)(H,17,19)/t7-/m1/s1. The molecule has 20 heavy (non-hydrogen) atoms. The van der Waals surface area contributed by atoms with Crippen molar-refractivity contribution in [1.29, 1.82) is 0 Å². The van der Waals surface area contributed by atoms with E-state index in [1.165, 1.54) is 11.8 Å². The summed E-state index contributed by atoms with van der Waals surface area (Å²) >= 11 is 1.21. The Morgan fingerprint density at radius 1 is 1.30 bits per heavy atom. The molecule has 104 valence electrons. The highest BCUT2D eigenvalue weighted by molar-refractivity contribution is 8.14. The number of benzene rings is 1. The Bertz CT molecular complexity index is 652. The van der Waals surface area contributed by atoms with Gasteiger partial charge in [-0.05, 0) is 44.0 Å². The summed E-state index contributed by atoms with van der Waals surface area (Å²) in [6, 6.07) is 5.81. The second-order valence-corrected chi connectivity index (χ2v) is 6.81. The quantitative estimate of drug-likeness (QED) is 0.834. The highest BCUT2D eigenvalue weighted by atomic mass is 32.2. The molecule has 1 aromatic rings. The zero-order valence-corrected chi connectivity index (χ0v) is 12.3. The highest BCUT2D eigenvalue weighted by Gasteiger charge is 2.38. The van der Waals surface area contributed by atoms with E-state index in [1.807, 2.05) is 39.0 Å². The first-order valence-corrected chi connectivity index (χ1v) is 7.28. The van der Waals surface area contributed by atoms with Gasteiger partial charge in [0.25, 0.3) is 5.24 Å². The average molecular weight is 289 g/mol. The molecule has 0 saturated carbocycles. The maximum Gasteiger partial charge on any atom is 0.299 e. The zero-order valence-electron chi connectivity index (χ0n) is 11.5. The number of thioether (sulfide) groups is 1. The number of nitrogens with zero attached hydrogens (tertiary/aromatic N) is 1. The normalized spacial score (nSPS) is 23.8. The van der Waals surface area contributed by atoms with Crippen molar-refractivity contribution < 1.29 is 9.59 Å². The van der Waals surface area contributed by atoms with Crippen LogP contribution in [0, 0.1) is 0 Å². The largest absolute Gasteiger partial charge is 0.325 e. The summed E-state index contributed by atoms with van der Waals surface area (Å²) in [5.41, 5.74) is 5.53. The predicted molar refractivity (Wildman–Crippen MR) is 80.2 cm³/mol. The molecule has 0 saturated heterocycles. The smallest absolute Gasteiger partial charge is 0.299 e. The fraction of sp³-hybridized carbons (Fsp3) is 0.357. The van der Waals surface area contributed by atoms with Crippen molar-refractivity contribution in [2.45, 2.75) is 31.4 Å². The summed E-state index contributed by atoms with van der Waals surface area (Å²) in [6.45, 7) is 5.76. The summed E-state index contributed by atoms with van der Waals surface area (Å²) in [4.78, 5) is 23.2. The zero-order chi connectivity index (χ0) is 14.5. The topological polar surface area (TPSA) is 70.6 Å². The molecule has 2 aliphatic heterocycles. The van der Waals surface area contributed by atoms with Gasteiger partial charge >= 0.3 is 0 Å². The van der Waals surface area contributed by atoms with E-state index in [9.17, 15) is 9.59 Å². The summed E-state index contributed by atoms with van der Waals surface area (Å²) in [5.74, 6) is 0.00552. The van der Waals surface area contributed by atoms with E-state index in [4.69, 9.17) is 0 Å². The molecular formula is C14H15N3O2S. The minimum absolute atomic E-state index is 0.00465. The minimum atomic E-state index is -0.541. The second-order valence-electron chi connectivity index (χ2n) is 5.50. The van der Waals surface area contributed by atoms with Crippen LogP contribution in [-0.4, -0.2) is 22.1 Å². The van der Waals surface area contributed by atoms with Crippen LogP contribution in [0.15, 0.2) is 23.3 Å². The molecule has 0 fully saturated rings. The SMILES string of the molecule is C[C@H]1SC(=O)NN=C1c1ccc2c(c1)C(C)(C)C(=O)N2. The van der Waals surface area contributed by atoms with E-state index in [2.05, 4.69) is 15.8 Å². The van der Waals surface area contributed by atoms with Gasteiger partial charge < -0.3 is 5.32 Å². The fourth-order valence-corrected chi connectivity index (χ4v) is 3.19. The van der Waals surface area contributed by atoms with Crippen molar-refractivity contribution >= 4 is 34.3 Å². The van der Waals surface area contributed by atoms with Crippen LogP contribution in [0.4, 0.5) is 10.5 Å². The summed E-state index contributed by atoms with van der Waals surface area (Å²) in [5, 5.41) is 6.88. The number of rotatable bonds is 1. The first-order chi connectivity index (χ1) is 9.39. The molecule has 0 spiro atoms. The monoisotopic (exact) mass is 289 g/mol. The molecule has 2 N–H and O–H groups in total. The van der Waals surface area contributed by atoms with Crippen molar-refractivity contribution in [2.75, 3.05) is 5.32 Å². The molecule has 3 rings (SSSR count). The number of amides is 2. The Hall–Kier alpha value is -1.82. The van der Waals surface area contributed by atoms with Gasteiger partial charge in [0, 0.05) is 5.69 Å². The second kappa shape index (κ2) is 4.34. The van der Waals surface area contributed by atoms with Gasteiger partial charge in [0.05, 0.1) is 16.4 Å². The number of nitrogens with one attached hydrogen (secondary N) is 2. The van der Waals surface area contributed by atoms with Crippen LogP contribution < -0.4 is 10.7 Å². The number of carbonyl (C=O) groups is 2. The number of carbonyl (C=O) groups excluding carboxylic acids is 2. The Balaban J connectivity index is 2.05. The average Bonchev–Trinajstić information content (AvgIpc) is 2.60. The summed E-state index contributed by atoms with van der Waals surface area (Å²) < 4.78 is 0. The minimum Gasteiger partial charge on any atom is -0.325 e. The van der Waals surface area contributed by atoms with Crippen LogP contribution in [-0.2, 0) is 10.2 Å². The van der Waals surface area contributed by atoms with Crippen LogP contribution in [0.25, 0.3) is 0 Å². The Morgan fingerprint density at radius 3 is 2.75 bits per heavy atom. The fourth-order valence-electron chi connectivity index (χ4n) is 2.47. The van der Waals surface area contributed by atoms with E-state index in [-0.39, 0.29) is 16.4 Å². The molecule has 5 nitrogen and oxygen atoms in total. The van der Waals surface area contributed by atoms with Gasteiger partial charge in [-0.25, -0.2) is 5.43 Å². The number of hydrogen-bond acceptors (Lipinski definition) is 4. The molecule has 0 aromatic heterocycles. The molecule has 2 aliphatic rings. The molecule has 1 atom stereocenters. The molecule has 0 aliphatic carbocycles. The maximum atomic E-state index is 11.9. The third-order valence-corrected chi connectivity index (χ3v) is 4.62. The Kier molecular flexibility index (Phi) is 2.86. The third-order valence-electron chi connectivity index (χ3n) is 3.74. The summed E-state index contributed by atoms with van der Waals surface area (Å²) in [6.07, 6.45) is 0. The van der Waals surface area contributed by atoms with Crippen LogP contribution in [0.5, 0.6) is 0 Å². The first-order valence-electron chi connectivity index (χ1n) is 6.40. The lowest BCUT2D eigenvalue weighted by Gasteiger charge is -2.20. The van der Waals surface area contributed by atoms with Gasteiger partial charge in [-0.3, -0.25) is 9.59 Å². The molecule has 0 bridgehead atoms. The van der Waals surface area contributed by atoms with Gasteiger partial charge in [-0.15, -0.1) is 0 Å². The first kappa shape index (κ1) is 13.2. The Labute approximate surface area is 121 Å². The van der Waals surface area contributed by atoms with Crippen molar-refractivity contribution in [2.24, 2.45) is 5.10 Å². The van der Waals surface area contributed by atoms with E-state index in [1.54, 1.807) is 0 Å². The predicted octanol–water partition coefficient (Wildman–Crippen LogP) is 2.47. The van der Waals surface area contributed by atoms with E-state index in [0.717, 1.165) is 22.5 Å². The molecular weight excluding hydrogens is 274 g/mol. The molecule has 0 radical (unpaired) electrons. The van der Waals surface area contributed by atoms with Gasteiger partial charge in [0.15, 0.2) is 0 Å². The van der Waals surface area contributed by atoms with Crippen LogP contribution in [0.1, 0.15) is 31.9 Å². The van der Waals surface area contributed by atoms with Crippen molar-refractivity contribution in [3.05, 3.63) is 29.3 Å². The number of hydrazone groups is 1. The van der Waals surface area contributed by atoms with Gasteiger partial charge in [0.2, 0.25) is 5.91 Å². The van der Waals surface area contributed by atoms with E-state index < -0.39 is 5.41 Å². The number of anilines is 1. The van der Waals surface area contributed by atoms with Crippen molar-refractivity contribution in [3.63, 3.8) is 0 Å². The molecule has 2 heterocycles. The lowest BCUT2D eigenvalue weighted by Crippen LogP contribution is -2.30. The summed E-state index contributed by atoms with van der Waals surface area (Å²) in [7, 11) is 0. The molecule has 1 aromatic carbocycles. The van der Waals surface area contributed by atoms with Crippen molar-refractivity contribution in [3.8, 4) is 0 Å². The third kappa shape index (κ3) is 1.91. The van der Waals surface area contributed by atoms with E-state index in [0.29, 0.717) is 0 Å². The number of fused-ring (bicyclic) bond motifs is 1. The van der Waals surface area contributed by atoms with Gasteiger partial charge in [0.1, 0.15) is 0 Å². The maximum absolute atomic E-state index is 11.9. The number of hydrogen-bond donors (Lipinski definition) is 2. The van der Waals surface area contributed by atoms with E-state index >= 15 is 0 Å². The van der Waals surface area contributed by atoms with Gasteiger partial charge in [-0.1, -0.05) is 17.8 Å².